The highest BCUT2D eigenvalue weighted by molar-refractivity contribution is 5.92. The van der Waals surface area contributed by atoms with Crippen molar-refractivity contribution in [3.63, 3.8) is 0 Å². The molecule has 142 valence electrons. The fraction of sp³-hybridized carbons (Fsp3) is 0.0870. The second kappa shape index (κ2) is 6.91. The largest absolute Gasteiger partial charge is 0.488 e. The minimum atomic E-state index is -0.966. The summed E-state index contributed by atoms with van der Waals surface area (Å²) < 4.78 is 7.81. The Morgan fingerprint density at radius 2 is 1.90 bits per heavy atom. The predicted molar refractivity (Wildman–Crippen MR) is 109 cm³/mol. The summed E-state index contributed by atoms with van der Waals surface area (Å²) in [6, 6.07) is 20.8. The van der Waals surface area contributed by atoms with Gasteiger partial charge in [0.2, 0.25) is 0 Å². The van der Waals surface area contributed by atoms with Crippen molar-refractivity contribution < 1.29 is 14.6 Å². The minimum Gasteiger partial charge on any atom is -0.488 e. The third-order valence-corrected chi connectivity index (χ3v) is 5.10. The highest BCUT2D eigenvalue weighted by atomic mass is 16.5. The Labute approximate surface area is 166 Å². The van der Waals surface area contributed by atoms with Gasteiger partial charge in [0.05, 0.1) is 17.6 Å². The fourth-order valence-electron chi connectivity index (χ4n) is 3.66. The Morgan fingerprint density at radius 1 is 1.07 bits per heavy atom. The summed E-state index contributed by atoms with van der Waals surface area (Å²) >= 11 is 0. The van der Waals surface area contributed by atoms with Gasteiger partial charge in [-0.25, -0.2) is 9.48 Å². The summed E-state index contributed by atoms with van der Waals surface area (Å²) in [5.74, 6) is -0.298. The molecular weight excluding hydrogens is 366 g/mol. The van der Waals surface area contributed by atoms with Crippen molar-refractivity contribution in [2.45, 2.75) is 13.2 Å². The molecule has 29 heavy (non-hydrogen) atoms. The van der Waals surface area contributed by atoms with E-state index in [4.69, 9.17) is 4.74 Å². The number of rotatable bonds is 3. The molecule has 0 fully saturated rings. The standard InChI is InChI=1S/C23H17N3O3/c27-23(28)15-9-10-22-19(13-15)18(17-6-2-1-5-16(17)14-29-22)11-12-26-21-8-4-3-7-20(21)24-25-26/h1-11,13H,12,14H2,(H,27,28). The Bertz CT molecular complexity index is 1270. The molecule has 3 aromatic carbocycles. The molecule has 0 bridgehead atoms. The molecule has 0 unspecified atom stereocenters. The van der Waals surface area contributed by atoms with Crippen LogP contribution in [0.4, 0.5) is 0 Å². The Morgan fingerprint density at radius 3 is 2.79 bits per heavy atom. The van der Waals surface area contributed by atoms with Gasteiger partial charge in [-0.15, -0.1) is 5.10 Å². The summed E-state index contributed by atoms with van der Waals surface area (Å²) in [7, 11) is 0. The summed E-state index contributed by atoms with van der Waals surface area (Å²) in [5, 5.41) is 17.9. The van der Waals surface area contributed by atoms with Crippen LogP contribution >= 0.6 is 0 Å². The van der Waals surface area contributed by atoms with Gasteiger partial charge in [0, 0.05) is 5.56 Å². The van der Waals surface area contributed by atoms with Crippen LogP contribution in [0.5, 0.6) is 5.75 Å². The summed E-state index contributed by atoms with van der Waals surface area (Å²) in [6.45, 7) is 0.931. The molecule has 5 rings (SSSR count). The SMILES string of the molecule is O=C(O)c1ccc2c(c1)C(=CCn1nnc3ccccc31)c1ccccc1CO2. The molecule has 1 aromatic heterocycles. The molecule has 2 heterocycles. The zero-order valence-corrected chi connectivity index (χ0v) is 15.4. The number of fused-ring (bicyclic) bond motifs is 3. The lowest BCUT2D eigenvalue weighted by Crippen LogP contribution is -2.01. The first kappa shape index (κ1) is 17.2. The van der Waals surface area contributed by atoms with Crippen LogP contribution in [-0.2, 0) is 13.2 Å². The van der Waals surface area contributed by atoms with Crippen molar-refractivity contribution in [3.05, 3.63) is 95.1 Å². The first-order valence-corrected chi connectivity index (χ1v) is 9.28. The molecule has 1 aliphatic rings. The van der Waals surface area contributed by atoms with Gasteiger partial charge < -0.3 is 9.84 Å². The summed E-state index contributed by atoms with van der Waals surface area (Å²) in [6.07, 6.45) is 2.05. The van der Waals surface area contributed by atoms with E-state index in [1.54, 1.807) is 18.2 Å². The van der Waals surface area contributed by atoms with E-state index >= 15 is 0 Å². The van der Waals surface area contributed by atoms with Crippen molar-refractivity contribution in [1.82, 2.24) is 15.0 Å². The van der Waals surface area contributed by atoms with Crippen LogP contribution in [0.25, 0.3) is 16.6 Å². The zero-order valence-electron chi connectivity index (χ0n) is 15.4. The molecular formula is C23H17N3O3. The van der Waals surface area contributed by atoms with Gasteiger partial charge in [0.1, 0.15) is 17.9 Å². The van der Waals surface area contributed by atoms with Crippen LogP contribution in [0.15, 0.2) is 72.8 Å². The number of benzene rings is 3. The van der Waals surface area contributed by atoms with E-state index in [-0.39, 0.29) is 5.56 Å². The van der Waals surface area contributed by atoms with E-state index in [1.165, 1.54) is 0 Å². The van der Waals surface area contributed by atoms with Crippen LogP contribution in [0.2, 0.25) is 0 Å². The Kier molecular flexibility index (Phi) is 4.09. The number of nitrogens with zero attached hydrogens (tertiary/aromatic N) is 3. The predicted octanol–water partition coefficient (Wildman–Crippen LogP) is 4.15. The Balaban J connectivity index is 1.66. The number of hydrogen-bond acceptors (Lipinski definition) is 4. The maximum Gasteiger partial charge on any atom is 0.335 e. The van der Waals surface area contributed by atoms with Crippen LogP contribution < -0.4 is 4.74 Å². The molecule has 0 aliphatic carbocycles. The molecule has 4 aromatic rings. The lowest BCUT2D eigenvalue weighted by molar-refractivity contribution is 0.0697. The van der Waals surface area contributed by atoms with Gasteiger partial charge in [-0.05, 0) is 47.0 Å². The molecule has 0 radical (unpaired) electrons. The van der Waals surface area contributed by atoms with Gasteiger partial charge in [-0.2, -0.15) is 0 Å². The highest BCUT2D eigenvalue weighted by Crippen LogP contribution is 2.37. The normalized spacial score (nSPS) is 14.1. The van der Waals surface area contributed by atoms with Gasteiger partial charge in [0.25, 0.3) is 0 Å². The van der Waals surface area contributed by atoms with Gasteiger partial charge in [-0.3, -0.25) is 0 Å². The Hall–Kier alpha value is -3.93. The average molecular weight is 383 g/mol. The molecule has 6 heteroatoms. The van der Waals surface area contributed by atoms with E-state index in [1.807, 2.05) is 53.2 Å². The molecule has 1 aliphatic heterocycles. The molecule has 0 spiro atoms. The topological polar surface area (TPSA) is 77.2 Å². The van der Waals surface area contributed by atoms with Crippen molar-refractivity contribution in [2.75, 3.05) is 0 Å². The first-order valence-electron chi connectivity index (χ1n) is 9.28. The molecule has 6 nitrogen and oxygen atoms in total. The maximum absolute atomic E-state index is 11.5. The van der Waals surface area contributed by atoms with E-state index in [2.05, 4.69) is 16.4 Å². The molecule has 0 amide bonds. The van der Waals surface area contributed by atoms with Crippen molar-refractivity contribution >= 4 is 22.6 Å². The monoisotopic (exact) mass is 383 g/mol. The van der Waals surface area contributed by atoms with Crippen LogP contribution in [0.3, 0.4) is 0 Å². The third kappa shape index (κ3) is 3.04. The first-order chi connectivity index (χ1) is 14.2. The number of para-hydroxylation sites is 1. The number of allylic oxidation sites excluding steroid dienone is 1. The second-order valence-electron chi connectivity index (χ2n) is 6.84. The van der Waals surface area contributed by atoms with E-state index in [0.717, 1.165) is 33.3 Å². The average Bonchev–Trinajstić information content (AvgIpc) is 3.09. The number of hydrogen-bond donors (Lipinski definition) is 1. The van der Waals surface area contributed by atoms with Gasteiger partial charge >= 0.3 is 5.97 Å². The number of carboxylic acids is 1. The van der Waals surface area contributed by atoms with Crippen molar-refractivity contribution in [1.29, 1.82) is 0 Å². The summed E-state index contributed by atoms with van der Waals surface area (Å²) in [5.41, 5.74) is 5.78. The van der Waals surface area contributed by atoms with Crippen molar-refractivity contribution in [2.24, 2.45) is 0 Å². The maximum atomic E-state index is 11.5. The zero-order chi connectivity index (χ0) is 19.8. The number of ether oxygens (including phenoxy) is 1. The number of carbonyl (C=O) groups is 1. The second-order valence-corrected chi connectivity index (χ2v) is 6.84. The number of aromatic nitrogens is 3. The minimum absolute atomic E-state index is 0.226. The smallest absolute Gasteiger partial charge is 0.335 e. The molecule has 0 saturated heterocycles. The highest BCUT2D eigenvalue weighted by Gasteiger charge is 2.20. The van der Waals surface area contributed by atoms with Gasteiger partial charge in [0.15, 0.2) is 0 Å². The third-order valence-electron chi connectivity index (χ3n) is 5.10. The lowest BCUT2D eigenvalue weighted by Gasteiger charge is -2.11. The molecule has 0 saturated carbocycles. The van der Waals surface area contributed by atoms with E-state index < -0.39 is 5.97 Å². The van der Waals surface area contributed by atoms with Gasteiger partial charge in [-0.1, -0.05) is 47.7 Å². The lowest BCUT2D eigenvalue weighted by atomic mass is 9.93. The molecule has 1 N–H and O–H groups in total. The van der Waals surface area contributed by atoms with E-state index in [9.17, 15) is 9.90 Å². The van der Waals surface area contributed by atoms with Crippen LogP contribution in [-0.4, -0.2) is 26.1 Å². The quantitative estimate of drug-likeness (QED) is 0.575. The summed E-state index contributed by atoms with van der Waals surface area (Å²) in [4.78, 5) is 11.5. The van der Waals surface area contributed by atoms with Crippen molar-refractivity contribution in [3.8, 4) is 5.75 Å². The van der Waals surface area contributed by atoms with Crippen LogP contribution in [0.1, 0.15) is 27.0 Å². The molecule has 0 atom stereocenters. The number of carboxylic acid groups (broad SMARTS) is 1. The van der Waals surface area contributed by atoms with E-state index in [0.29, 0.717) is 18.9 Å². The van der Waals surface area contributed by atoms with Crippen LogP contribution in [0, 0.1) is 0 Å². The number of aromatic carboxylic acids is 1. The fourth-order valence-corrected chi connectivity index (χ4v) is 3.66.